The van der Waals surface area contributed by atoms with Crippen molar-refractivity contribution in [2.24, 2.45) is 0 Å². The Morgan fingerprint density at radius 1 is 0.971 bits per heavy atom. The smallest absolute Gasteiger partial charge is 0.234 e. The van der Waals surface area contributed by atoms with E-state index in [1.807, 2.05) is 53.1 Å². The van der Waals surface area contributed by atoms with Crippen molar-refractivity contribution in [3.63, 3.8) is 0 Å². The molecule has 4 rings (SSSR count). The Labute approximate surface area is 215 Å². The molecular weight excluding hydrogens is 476 g/mol. The van der Waals surface area contributed by atoms with Gasteiger partial charge >= 0.3 is 0 Å². The molecule has 0 bridgehead atoms. The van der Waals surface area contributed by atoms with Gasteiger partial charge in [-0.25, -0.2) is 0 Å². The summed E-state index contributed by atoms with van der Waals surface area (Å²) in [6.45, 7) is 8.65. The number of aryl methyl sites for hydroxylation is 1. The van der Waals surface area contributed by atoms with Crippen LogP contribution in [0.5, 0.6) is 0 Å². The van der Waals surface area contributed by atoms with Gasteiger partial charge in [-0.15, -0.1) is 10.2 Å². The zero-order valence-electron chi connectivity index (χ0n) is 20.4. The third-order valence-electron chi connectivity index (χ3n) is 5.73. The molecule has 1 aromatic heterocycles. The van der Waals surface area contributed by atoms with Gasteiger partial charge in [0.05, 0.1) is 5.75 Å². The van der Waals surface area contributed by atoms with Gasteiger partial charge in [-0.3, -0.25) is 9.36 Å². The number of hydrogen-bond donors (Lipinski definition) is 1. The summed E-state index contributed by atoms with van der Waals surface area (Å²) in [5.41, 5.74) is 5.10. The zero-order valence-corrected chi connectivity index (χ0v) is 22.0. The molecule has 0 spiro atoms. The number of thioether (sulfide) groups is 1. The number of rotatable bonds is 7. The van der Waals surface area contributed by atoms with Crippen molar-refractivity contribution < 1.29 is 4.79 Å². The van der Waals surface area contributed by atoms with E-state index in [0.717, 1.165) is 28.9 Å². The number of carbonyl (C=O) groups is 1. The summed E-state index contributed by atoms with van der Waals surface area (Å²) in [7, 11) is 0. The maximum Gasteiger partial charge on any atom is 0.234 e. The van der Waals surface area contributed by atoms with Crippen LogP contribution in [-0.4, -0.2) is 26.4 Å². The summed E-state index contributed by atoms with van der Waals surface area (Å²) < 4.78 is 1.97. The Morgan fingerprint density at radius 2 is 1.66 bits per heavy atom. The van der Waals surface area contributed by atoms with Crippen LogP contribution in [0.2, 0.25) is 5.02 Å². The monoisotopic (exact) mass is 504 g/mol. The Bertz CT molecular complexity index is 1310. The summed E-state index contributed by atoms with van der Waals surface area (Å²) in [6, 6.07) is 23.8. The number of para-hydroxylation sites is 1. The standard InChI is InChI=1S/C28H29ClN4OS/c1-5-19-8-6-7-9-24(19)30-25(34)18-35-27-32-31-26(33(27)23-16-14-22(29)15-17-23)20-10-12-21(13-11-20)28(2,3)4/h6-17H,5,18H2,1-4H3,(H,30,34). The van der Waals surface area contributed by atoms with Crippen LogP contribution in [0.1, 0.15) is 38.8 Å². The molecule has 5 nitrogen and oxygen atoms in total. The second kappa shape index (κ2) is 10.7. The first-order chi connectivity index (χ1) is 16.8. The highest BCUT2D eigenvalue weighted by molar-refractivity contribution is 7.99. The molecule has 1 N–H and O–H groups in total. The molecule has 0 saturated carbocycles. The highest BCUT2D eigenvalue weighted by atomic mass is 35.5. The fourth-order valence-electron chi connectivity index (χ4n) is 3.76. The van der Waals surface area contributed by atoms with Gasteiger partial charge in [0.25, 0.3) is 0 Å². The van der Waals surface area contributed by atoms with Crippen LogP contribution >= 0.6 is 23.4 Å². The molecule has 3 aromatic carbocycles. The van der Waals surface area contributed by atoms with Gasteiger partial charge in [-0.1, -0.05) is 93.5 Å². The predicted octanol–water partition coefficient (Wildman–Crippen LogP) is 7.18. The number of halogens is 1. The molecule has 0 radical (unpaired) electrons. The van der Waals surface area contributed by atoms with E-state index in [-0.39, 0.29) is 17.1 Å². The first-order valence-corrected chi connectivity index (χ1v) is 13.0. The van der Waals surface area contributed by atoms with Gasteiger partial charge < -0.3 is 5.32 Å². The quantitative estimate of drug-likeness (QED) is 0.271. The van der Waals surface area contributed by atoms with Crippen molar-refractivity contribution in [1.82, 2.24) is 14.8 Å². The third-order valence-corrected chi connectivity index (χ3v) is 6.91. The summed E-state index contributed by atoms with van der Waals surface area (Å²) in [5, 5.41) is 13.2. The Hall–Kier alpha value is -3.09. The van der Waals surface area contributed by atoms with Crippen molar-refractivity contribution in [3.05, 3.63) is 88.9 Å². The van der Waals surface area contributed by atoms with Gasteiger partial charge in [-0.05, 0) is 53.3 Å². The summed E-state index contributed by atoms with van der Waals surface area (Å²) in [5.74, 6) is 0.844. The normalized spacial score (nSPS) is 11.5. The van der Waals surface area contributed by atoms with Crippen molar-refractivity contribution in [3.8, 4) is 17.1 Å². The number of nitrogens with zero attached hydrogens (tertiary/aromatic N) is 3. The van der Waals surface area contributed by atoms with Crippen molar-refractivity contribution >= 4 is 35.0 Å². The molecular formula is C28H29ClN4OS. The SMILES string of the molecule is CCc1ccccc1NC(=O)CSc1nnc(-c2ccc(C(C)(C)C)cc2)n1-c1ccc(Cl)cc1. The van der Waals surface area contributed by atoms with Gasteiger partial charge in [0.1, 0.15) is 0 Å². The fourth-order valence-corrected chi connectivity index (χ4v) is 4.64. The molecule has 1 heterocycles. The average Bonchev–Trinajstić information content (AvgIpc) is 3.27. The second-order valence-corrected chi connectivity index (χ2v) is 10.7. The predicted molar refractivity (Wildman–Crippen MR) is 146 cm³/mol. The molecule has 0 aliphatic carbocycles. The van der Waals surface area contributed by atoms with Gasteiger partial charge in [-0.2, -0.15) is 0 Å². The average molecular weight is 505 g/mol. The lowest BCUT2D eigenvalue weighted by molar-refractivity contribution is -0.113. The number of anilines is 1. The number of carbonyl (C=O) groups excluding carboxylic acids is 1. The van der Waals surface area contributed by atoms with Crippen LogP contribution in [0.25, 0.3) is 17.1 Å². The molecule has 0 atom stereocenters. The molecule has 35 heavy (non-hydrogen) atoms. The number of aromatic nitrogens is 3. The zero-order chi connectivity index (χ0) is 25.0. The van der Waals surface area contributed by atoms with Crippen LogP contribution in [0.4, 0.5) is 5.69 Å². The largest absolute Gasteiger partial charge is 0.325 e. The van der Waals surface area contributed by atoms with Crippen LogP contribution in [-0.2, 0) is 16.6 Å². The lowest BCUT2D eigenvalue weighted by Gasteiger charge is -2.19. The first kappa shape index (κ1) is 25.0. The second-order valence-electron chi connectivity index (χ2n) is 9.29. The fraction of sp³-hybridized carbons (Fsp3) is 0.250. The highest BCUT2D eigenvalue weighted by Crippen LogP contribution is 2.31. The van der Waals surface area contributed by atoms with Crippen LogP contribution in [0.3, 0.4) is 0 Å². The Balaban J connectivity index is 1.61. The molecule has 4 aromatic rings. The highest BCUT2D eigenvalue weighted by Gasteiger charge is 2.19. The van der Waals surface area contributed by atoms with Gasteiger partial charge in [0, 0.05) is 22.0 Å². The van der Waals surface area contributed by atoms with E-state index < -0.39 is 0 Å². The van der Waals surface area contributed by atoms with Gasteiger partial charge in [0.15, 0.2) is 11.0 Å². The maximum atomic E-state index is 12.7. The summed E-state index contributed by atoms with van der Waals surface area (Å²) in [6.07, 6.45) is 0.853. The van der Waals surface area contributed by atoms with Crippen LogP contribution < -0.4 is 5.32 Å². The van der Waals surface area contributed by atoms with E-state index in [2.05, 4.69) is 67.5 Å². The Morgan fingerprint density at radius 3 is 2.31 bits per heavy atom. The van der Waals surface area contributed by atoms with Crippen LogP contribution in [0, 0.1) is 0 Å². The van der Waals surface area contributed by atoms with Crippen molar-refractivity contribution in [1.29, 1.82) is 0 Å². The minimum atomic E-state index is -0.0855. The molecule has 0 aliphatic heterocycles. The van der Waals surface area contributed by atoms with E-state index in [1.165, 1.54) is 17.3 Å². The topological polar surface area (TPSA) is 59.8 Å². The van der Waals surface area contributed by atoms with E-state index in [1.54, 1.807) is 0 Å². The van der Waals surface area contributed by atoms with E-state index in [9.17, 15) is 4.79 Å². The van der Waals surface area contributed by atoms with Crippen LogP contribution in [0.15, 0.2) is 78.0 Å². The van der Waals surface area contributed by atoms with E-state index in [0.29, 0.717) is 16.0 Å². The molecule has 7 heteroatoms. The number of hydrogen-bond acceptors (Lipinski definition) is 4. The van der Waals surface area contributed by atoms with E-state index >= 15 is 0 Å². The molecule has 0 saturated heterocycles. The summed E-state index contributed by atoms with van der Waals surface area (Å²) in [4.78, 5) is 12.7. The molecule has 0 unspecified atom stereocenters. The van der Waals surface area contributed by atoms with Crippen molar-refractivity contribution in [2.45, 2.75) is 44.7 Å². The number of nitrogens with one attached hydrogen (secondary N) is 1. The number of benzene rings is 3. The van der Waals surface area contributed by atoms with Gasteiger partial charge in [0.2, 0.25) is 5.91 Å². The van der Waals surface area contributed by atoms with E-state index in [4.69, 9.17) is 11.6 Å². The molecule has 180 valence electrons. The molecule has 1 amide bonds. The lowest BCUT2D eigenvalue weighted by atomic mass is 9.87. The van der Waals surface area contributed by atoms with Crippen molar-refractivity contribution in [2.75, 3.05) is 11.1 Å². The third kappa shape index (κ3) is 5.95. The Kier molecular flexibility index (Phi) is 7.63. The minimum Gasteiger partial charge on any atom is -0.325 e. The summed E-state index contributed by atoms with van der Waals surface area (Å²) >= 11 is 7.49. The maximum absolute atomic E-state index is 12.7. The number of amides is 1. The minimum absolute atomic E-state index is 0.0626. The molecule has 0 fully saturated rings. The first-order valence-electron chi connectivity index (χ1n) is 11.6. The molecule has 0 aliphatic rings. The lowest BCUT2D eigenvalue weighted by Crippen LogP contribution is -2.15.